The van der Waals surface area contributed by atoms with Crippen LogP contribution in [-0.4, -0.2) is 53.0 Å². The summed E-state index contributed by atoms with van der Waals surface area (Å²) in [7, 11) is 2.02. The maximum atomic E-state index is 6.02. The predicted molar refractivity (Wildman–Crippen MR) is 99.5 cm³/mol. The molecule has 1 saturated carbocycles. The summed E-state index contributed by atoms with van der Waals surface area (Å²) in [5, 5.41) is 8.17. The minimum absolute atomic E-state index is 0.210. The lowest BCUT2D eigenvalue weighted by atomic mass is 9.92. The molecule has 1 aromatic rings. The third-order valence-corrected chi connectivity index (χ3v) is 6.65. The summed E-state index contributed by atoms with van der Waals surface area (Å²) in [5.74, 6) is 0.576. The van der Waals surface area contributed by atoms with Crippen LogP contribution >= 0.6 is 0 Å². The maximum absolute atomic E-state index is 6.02. The van der Waals surface area contributed by atoms with Gasteiger partial charge in [-0.1, -0.05) is 19.3 Å². The van der Waals surface area contributed by atoms with Gasteiger partial charge in [-0.15, -0.1) is 0 Å². The Labute approximate surface area is 152 Å². The van der Waals surface area contributed by atoms with Crippen LogP contribution < -0.4 is 5.32 Å². The summed E-state index contributed by atoms with van der Waals surface area (Å²) in [6.07, 6.45) is 13.1. The normalized spacial score (nSPS) is 30.1. The summed E-state index contributed by atoms with van der Waals surface area (Å²) in [4.78, 5) is 2.77. The van der Waals surface area contributed by atoms with Crippen LogP contribution in [0.2, 0.25) is 0 Å². The summed E-state index contributed by atoms with van der Waals surface area (Å²) in [6, 6.07) is 3.67. The SMILES string of the molecule is Cn1nccc1[C@@H]1OCC[C@H]1CNC1CCN(C2CCCCC2)CC1. The Morgan fingerprint density at radius 3 is 2.64 bits per heavy atom. The van der Waals surface area contributed by atoms with Crippen molar-refractivity contribution in [1.82, 2.24) is 20.0 Å². The second kappa shape index (κ2) is 8.19. The molecule has 3 fully saturated rings. The third-order valence-electron chi connectivity index (χ3n) is 6.65. The highest BCUT2D eigenvalue weighted by molar-refractivity contribution is 5.07. The van der Waals surface area contributed by atoms with Gasteiger partial charge in [0.25, 0.3) is 0 Å². The lowest BCUT2D eigenvalue weighted by Gasteiger charge is -2.39. The van der Waals surface area contributed by atoms with E-state index < -0.39 is 0 Å². The van der Waals surface area contributed by atoms with Crippen LogP contribution in [-0.2, 0) is 11.8 Å². The van der Waals surface area contributed by atoms with E-state index in [2.05, 4.69) is 21.4 Å². The number of hydrogen-bond donors (Lipinski definition) is 1. The largest absolute Gasteiger partial charge is 0.372 e. The van der Waals surface area contributed by atoms with Crippen molar-refractivity contribution in [2.45, 2.75) is 69.6 Å². The molecule has 25 heavy (non-hydrogen) atoms. The fraction of sp³-hybridized carbons (Fsp3) is 0.850. The minimum atomic E-state index is 0.210. The zero-order valence-corrected chi connectivity index (χ0v) is 15.7. The van der Waals surface area contributed by atoms with Crippen molar-refractivity contribution in [2.75, 3.05) is 26.2 Å². The molecule has 0 bridgehead atoms. The molecule has 2 aliphatic heterocycles. The average Bonchev–Trinajstić information content (AvgIpc) is 3.29. The molecular weight excluding hydrogens is 312 g/mol. The zero-order valence-electron chi connectivity index (χ0n) is 15.7. The molecule has 0 aromatic carbocycles. The maximum Gasteiger partial charge on any atom is 0.103 e. The van der Waals surface area contributed by atoms with Crippen molar-refractivity contribution >= 4 is 0 Å². The molecule has 5 heteroatoms. The number of piperidine rings is 1. The van der Waals surface area contributed by atoms with Gasteiger partial charge in [-0.2, -0.15) is 5.10 Å². The van der Waals surface area contributed by atoms with Crippen LogP contribution in [0, 0.1) is 5.92 Å². The molecule has 4 rings (SSSR count). The molecule has 1 aliphatic carbocycles. The first kappa shape index (κ1) is 17.5. The minimum Gasteiger partial charge on any atom is -0.372 e. The Hall–Kier alpha value is -0.910. The first-order valence-corrected chi connectivity index (χ1v) is 10.4. The predicted octanol–water partition coefficient (Wildman–Crippen LogP) is 2.88. The highest BCUT2D eigenvalue weighted by atomic mass is 16.5. The average molecular weight is 347 g/mol. The van der Waals surface area contributed by atoms with Crippen molar-refractivity contribution < 1.29 is 4.74 Å². The van der Waals surface area contributed by atoms with Crippen molar-refractivity contribution in [1.29, 1.82) is 0 Å². The van der Waals surface area contributed by atoms with E-state index in [-0.39, 0.29) is 6.10 Å². The lowest BCUT2D eigenvalue weighted by molar-refractivity contribution is 0.0801. The van der Waals surface area contributed by atoms with E-state index in [1.54, 1.807) is 0 Å². The molecular formula is C20H34N4O. The van der Waals surface area contributed by atoms with E-state index in [1.165, 1.54) is 63.7 Å². The summed E-state index contributed by atoms with van der Waals surface area (Å²) in [6.45, 7) is 4.52. The number of nitrogens with one attached hydrogen (secondary N) is 1. The standard InChI is InChI=1S/C20H34N4O/c1-23-19(7-11-22-23)20-16(10-14-25-20)15-21-17-8-12-24(13-9-17)18-5-3-2-4-6-18/h7,11,16-18,20-21H,2-6,8-10,12-15H2,1H3/t16-,20+/m0/s1. The molecule has 140 valence electrons. The summed E-state index contributed by atoms with van der Waals surface area (Å²) < 4.78 is 7.98. The molecule has 1 aromatic heterocycles. The van der Waals surface area contributed by atoms with Crippen LogP contribution in [0.1, 0.15) is 63.2 Å². The molecule has 2 atom stereocenters. The van der Waals surface area contributed by atoms with Gasteiger partial charge in [0.1, 0.15) is 6.10 Å². The smallest absolute Gasteiger partial charge is 0.103 e. The van der Waals surface area contributed by atoms with Gasteiger partial charge in [-0.05, 0) is 51.3 Å². The van der Waals surface area contributed by atoms with Gasteiger partial charge in [0, 0.05) is 44.4 Å². The number of nitrogens with zero attached hydrogens (tertiary/aromatic N) is 3. The number of rotatable bonds is 5. The first-order valence-electron chi connectivity index (χ1n) is 10.4. The highest BCUT2D eigenvalue weighted by Crippen LogP contribution is 2.34. The molecule has 0 spiro atoms. The monoisotopic (exact) mass is 346 g/mol. The van der Waals surface area contributed by atoms with E-state index in [0.29, 0.717) is 12.0 Å². The Morgan fingerprint density at radius 1 is 1.12 bits per heavy atom. The summed E-state index contributed by atoms with van der Waals surface area (Å²) >= 11 is 0. The number of likely N-dealkylation sites (tertiary alicyclic amines) is 1. The second-order valence-corrected chi connectivity index (χ2v) is 8.23. The topological polar surface area (TPSA) is 42.3 Å². The van der Waals surface area contributed by atoms with Crippen LogP contribution in [0.3, 0.4) is 0 Å². The Balaban J connectivity index is 1.23. The van der Waals surface area contributed by atoms with Gasteiger partial charge < -0.3 is 15.0 Å². The summed E-state index contributed by atoms with van der Waals surface area (Å²) in [5.41, 5.74) is 1.22. The van der Waals surface area contributed by atoms with E-state index in [4.69, 9.17) is 4.74 Å². The van der Waals surface area contributed by atoms with Gasteiger partial charge in [0.15, 0.2) is 0 Å². The van der Waals surface area contributed by atoms with E-state index in [0.717, 1.165) is 25.6 Å². The van der Waals surface area contributed by atoms with E-state index in [1.807, 2.05) is 17.9 Å². The molecule has 0 unspecified atom stereocenters. The molecule has 0 radical (unpaired) electrons. The molecule has 1 N–H and O–H groups in total. The van der Waals surface area contributed by atoms with Crippen molar-refractivity contribution in [3.63, 3.8) is 0 Å². The molecule has 3 heterocycles. The zero-order chi connectivity index (χ0) is 17.1. The third kappa shape index (κ3) is 4.09. The van der Waals surface area contributed by atoms with Crippen molar-refractivity contribution in [3.05, 3.63) is 18.0 Å². The van der Waals surface area contributed by atoms with Crippen LogP contribution in [0.5, 0.6) is 0 Å². The van der Waals surface area contributed by atoms with Gasteiger partial charge in [-0.25, -0.2) is 0 Å². The Morgan fingerprint density at radius 2 is 1.92 bits per heavy atom. The van der Waals surface area contributed by atoms with Gasteiger partial charge in [-0.3, -0.25) is 4.68 Å². The van der Waals surface area contributed by atoms with Crippen LogP contribution in [0.4, 0.5) is 0 Å². The Kier molecular flexibility index (Phi) is 5.73. The highest BCUT2D eigenvalue weighted by Gasteiger charge is 2.32. The Bertz CT molecular complexity index is 532. The van der Waals surface area contributed by atoms with E-state index in [9.17, 15) is 0 Å². The number of ether oxygens (including phenoxy) is 1. The molecule has 0 amide bonds. The fourth-order valence-corrected chi connectivity index (χ4v) is 5.07. The van der Waals surface area contributed by atoms with Crippen LogP contribution in [0.15, 0.2) is 12.3 Å². The lowest BCUT2D eigenvalue weighted by Crippen LogP contribution is -2.48. The quantitative estimate of drug-likeness (QED) is 0.890. The second-order valence-electron chi connectivity index (χ2n) is 8.23. The van der Waals surface area contributed by atoms with Crippen molar-refractivity contribution in [3.8, 4) is 0 Å². The number of aryl methyl sites for hydroxylation is 1. The molecule has 5 nitrogen and oxygen atoms in total. The van der Waals surface area contributed by atoms with Crippen LogP contribution in [0.25, 0.3) is 0 Å². The number of aromatic nitrogens is 2. The van der Waals surface area contributed by atoms with Crippen molar-refractivity contribution in [2.24, 2.45) is 13.0 Å². The number of hydrogen-bond acceptors (Lipinski definition) is 4. The van der Waals surface area contributed by atoms with Gasteiger partial charge in [0.05, 0.1) is 5.69 Å². The molecule has 2 saturated heterocycles. The molecule has 3 aliphatic rings. The first-order chi connectivity index (χ1) is 12.3. The van der Waals surface area contributed by atoms with E-state index >= 15 is 0 Å². The fourth-order valence-electron chi connectivity index (χ4n) is 5.07. The van der Waals surface area contributed by atoms with Gasteiger partial charge in [0.2, 0.25) is 0 Å². The van der Waals surface area contributed by atoms with Gasteiger partial charge >= 0.3 is 0 Å².